The number of rotatable bonds is 6. The normalized spacial score (nSPS) is 14.4. The molecule has 1 aromatic rings. The second-order valence-corrected chi connectivity index (χ2v) is 5.99. The molecule has 20 heavy (non-hydrogen) atoms. The van der Waals surface area contributed by atoms with Crippen LogP contribution in [-0.4, -0.2) is 29.2 Å². The fourth-order valence-corrected chi connectivity index (χ4v) is 2.46. The second-order valence-electron chi connectivity index (χ2n) is 5.99. The second kappa shape index (κ2) is 7.47. The van der Waals surface area contributed by atoms with Crippen LogP contribution in [0.15, 0.2) is 24.3 Å². The molecule has 0 unspecified atom stereocenters. The zero-order chi connectivity index (χ0) is 14.4. The first kappa shape index (κ1) is 15.1. The van der Waals surface area contributed by atoms with Gasteiger partial charge in [-0.15, -0.1) is 0 Å². The van der Waals surface area contributed by atoms with Crippen molar-refractivity contribution in [1.82, 2.24) is 4.90 Å². The van der Waals surface area contributed by atoms with Crippen molar-refractivity contribution in [3.63, 3.8) is 0 Å². The van der Waals surface area contributed by atoms with Crippen LogP contribution in [0.25, 0.3) is 0 Å². The molecule has 0 aromatic heterocycles. The molecule has 2 nitrogen and oxygen atoms in total. The summed E-state index contributed by atoms with van der Waals surface area (Å²) in [6.07, 6.45) is 3.23. The van der Waals surface area contributed by atoms with Crippen molar-refractivity contribution in [1.29, 1.82) is 0 Å². The van der Waals surface area contributed by atoms with Gasteiger partial charge in [0.2, 0.25) is 0 Å². The number of hydrogen-bond donors (Lipinski definition) is 1. The van der Waals surface area contributed by atoms with Crippen LogP contribution in [0.1, 0.15) is 44.2 Å². The van der Waals surface area contributed by atoms with Gasteiger partial charge < -0.3 is 5.11 Å². The van der Waals surface area contributed by atoms with E-state index in [0.29, 0.717) is 12.3 Å². The fourth-order valence-electron chi connectivity index (χ4n) is 2.46. The minimum absolute atomic E-state index is 0.136. The minimum atomic E-state index is 0.136. The van der Waals surface area contributed by atoms with Crippen molar-refractivity contribution in [2.24, 2.45) is 5.92 Å². The first-order chi connectivity index (χ1) is 9.70. The topological polar surface area (TPSA) is 23.5 Å². The number of aliphatic hydroxyl groups is 1. The molecule has 1 fully saturated rings. The summed E-state index contributed by atoms with van der Waals surface area (Å²) in [5.74, 6) is 6.93. The lowest BCUT2D eigenvalue weighted by Crippen LogP contribution is -2.29. The molecule has 1 aliphatic rings. The van der Waals surface area contributed by atoms with Crippen LogP contribution >= 0.6 is 0 Å². The van der Waals surface area contributed by atoms with Gasteiger partial charge in [-0.3, -0.25) is 4.90 Å². The summed E-state index contributed by atoms with van der Waals surface area (Å²) < 4.78 is 0. The predicted molar refractivity (Wildman–Crippen MR) is 83.3 cm³/mol. The van der Waals surface area contributed by atoms with Gasteiger partial charge in [0.15, 0.2) is 0 Å². The zero-order valence-electron chi connectivity index (χ0n) is 12.6. The summed E-state index contributed by atoms with van der Waals surface area (Å²) in [6.45, 7) is 6.84. The Morgan fingerprint density at radius 3 is 2.70 bits per heavy atom. The van der Waals surface area contributed by atoms with E-state index in [1.54, 1.807) is 0 Å². The Balaban J connectivity index is 2.09. The molecule has 2 heteroatoms. The van der Waals surface area contributed by atoms with E-state index in [9.17, 15) is 0 Å². The molecule has 0 radical (unpaired) electrons. The minimum Gasteiger partial charge on any atom is -0.395 e. The first-order valence-electron chi connectivity index (χ1n) is 7.62. The van der Waals surface area contributed by atoms with E-state index in [1.165, 1.54) is 18.4 Å². The molecular formula is C18H25NO. The summed E-state index contributed by atoms with van der Waals surface area (Å²) in [6, 6.07) is 9.17. The van der Waals surface area contributed by atoms with Gasteiger partial charge in [0.1, 0.15) is 0 Å². The molecular weight excluding hydrogens is 246 g/mol. The Kier molecular flexibility index (Phi) is 5.64. The summed E-state index contributed by atoms with van der Waals surface area (Å²) in [7, 11) is 0. The van der Waals surface area contributed by atoms with Gasteiger partial charge in [0.05, 0.1) is 6.61 Å². The van der Waals surface area contributed by atoms with E-state index >= 15 is 0 Å². The third kappa shape index (κ3) is 4.67. The number of aliphatic hydroxyl groups excluding tert-OH is 1. The van der Waals surface area contributed by atoms with E-state index < -0.39 is 0 Å². The highest BCUT2D eigenvalue weighted by Gasteiger charge is 2.29. The van der Waals surface area contributed by atoms with Crippen molar-refractivity contribution in [3.05, 3.63) is 35.4 Å². The number of nitrogens with zero attached hydrogens (tertiary/aromatic N) is 1. The highest BCUT2D eigenvalue weighted by molar-refractivity contribution is 5.41. The number of hydrogen-bond acceptors (Lipinski definition) is 2. The van der Waals surface area contributed by atoms with Crippen LogP contribution in [0.2, 0.25) is 0 Å². The Morgan fingerprint density at radius 2 is 2.05 bits per heavy atom. The molecule has 2 rings (SSSR count). The third-order valence-corrected chi connectivity index (χ3v) is 3.51. The quantitative estimate of drug-likeness (QED) is 0.804. The van der Waals surface area contributed by atoms with Gasteiger partial charge in [0, 0.05) is 31.1 Å². The van der Waals surface area contributed by atoms with E-state index in [1.807, 2.05) is 6.07 Å². The van der Waals surface area contributed by atoms with Crippen molar-refractivity contribution in [3.8, 4) is 11.8 Å². The standard InChI is InChI=1S/C18H25NO/c1-15(2)13-19(18-10-11-18)14-17-9-4-3-7-16(17)8-5-6-12-20/h3-4,7,9,15,18,20H,6,10-14H2,1-2H3. The molecule has 1 aromatic carbocycles. The predicted octanol–water partition coefficient (Wildman–Crippen LogP) is 3.04. The Morgan fingerprint density at radius 1 is 1.30 bits per heavy atom. The van der Waals surface area contributed by atoms with Crippen LogP contribution in [0.5, 0.6) is 0 Å². The maximum Gasteiger partial charge on any atom is 0.0540 e. The molecule has 1 saturated carbocycles. The zero-order valence-corrected chi connectivity index (χ0v) is 12.6. The van der Waals surface area contributed by atoms with Crippen molar-refractivity contribution >= 4 is 0 Å². The van der Waals surface area contributed by atoms with Gasteiger partial charge in [-0.25, -0.2) is 0 Å². The molecule has 0 saturated heterocycles. The summed E-state index contributed by atoms with van der Waals surface area (Å²) >= 11 is 0. The van der Waals surface area contributed by atoms with Crippen LogP contribution in [0.3, 0.4) is 0 Å². The van der Waals surface area contributed by atoms with Gasteiger partial charge in [-0.1, -0.05) is 43.9 Å². The Bertz CT molecular complexity index is 480. The molecule has 1 aliphatic carbocycles. The molecule has 0 amide bonds. The first-order valence-corrected chi connectivity index (χ1v) is 7.62. The maximum atomic E-state index is 8.83. The largest absolute Gasteiger partial charge is 0.395 e. The van der Waals surface area contributed by atoms with Crippen LogP contribution in [0.4, 0.5) is 0 Å². The van der Waals surface area contributed by atoms with E-state index in [0.717, 1.165) is 24.7 Å². The molecule has 0 aliphatic heterocycles. The lowest BCUT2D eigenvalue weighted by Gasteiger charge is -2.24. The van der Waals surface area contributed by atoms with E-state index in [2.05, 4.69) is 48.8 Å². The molecule has 0 spiro atoms. The molecule has 0 heterocycles. The van der Waals surface area contributed by atoms with E-state index in [4.69, 9.17) is 5.11 Å². The van der Waals surface area contributed by atoms with Crippen LogP contribution in [0, 0.1) is 17.8 Å². The highest BCUT2D eigenvalue weighted by Crippen LogP contribution is 2.29. The molecule has 1 N–H and O–H groups in total. The summed E-state index contributed by atoms with van der Waals surface area (Å²) in [5, 5.41) is 8.83. The van der Waals surface area contributed by atoms with Gasteiger partial charge in [-0.2, -0.15) is 0 Å². The summed E-state index contributed by atoms with van der Waals surface area (Å²) in [4.78, 5) is 2.59. The average Bonchev–Trinajstić information content (AvgIpc) is 3.24. The van der Waals surface area contributed by atoms with Crippen molar-refractivity contribution in [2.75, 3.05) is 13.2 Å². The Labute approximate surface area is 122 Å². The van der Waals surface area contributed by atoms with E-state index in [-0.39, 0.29) is 6.61 Å². The molecule has 0 atom stereocenters. The fraction of sp³-hybridized carbons (Fsp3) is 0.556. The van der Waals surface area contributed by atoms with Gasteiger partial charge in [0.25, 0.3) is 0 Å². The van der Waals surface area contributed by atoms with Gasteiger partial charge >= 0.3 is 0 Å². The monoisotopic (exact) mass is 271 g/mol. The van der Waals surface area contributed by atoms with Crippen molar-refractivity contribution < 1.29 is 5.11 Å². The average molecular weight is 271 g/mol. The van der Waals surface area contributed by atoms with Crippen LogP contribution < -0.4 is 0 Å². The molecule has 108 valence electrons. The highest BCUT2D eigenvalue weighted by atomic mass is 16.2. The molecule has 0 bridgehead atoms. The maximum absolute atomic E-state index is 8.83. The lowest BCUT2D eigenvalue weighted by molar-refractivity contribution is 0.226. The van der Waals surface area contributed by atoms with Gasteiger partial charge in [-0.05, 0) is 30.4 Å². The third-order valence-electron chi connectivity index (χ3n) is 3.51. The van der Waals surface area contributed by atoms with Crippen molar-refractivity contribution in [2.45, 2.75) is 45.7 Å². The summed E-state index contributed by atoms with van der Waals surface area (Å²) in [5.41, 5.74) is 2.42. The van der Waals surface area contributed by atoms with Crippen LogP contribution in [-0.2, 0) is 6.54 Å². The smallest absolute Gasteiger partial charge is 0.0540 e. The Hall–Kier alpha value is -1.30. The number of benzene rings is 1. The lowest BCUT2D eigenvalue weighted by atomic mass is 10.1. The SMILES string of the molecule is CC(C)CN(Cc1ccccc1C#CCCO)C1CC1.